The van der Waals surface area contributed by atoms with Gasteiger partial charge in [0.25, 0.3) is 5.91 Å². The van der Waals surface area contributed by atoms with Gasteiger partial charge in [-0.15, -0.1) is 0 Å². The Morgan fingerprint density at radius 1 is 1.23 bits per heavy atom. The molecule has 5 heteroatoms. The van der Waals surface area contributed by atoms with Crippen LogP contribution in [0.1, 0.15) is 18.1 Å². The summed E-state index contributed by atoms with van der Waals surface area (Å²) in [4.78, 5) is 12.1. The molecular weight excluding hydrogens is 288 g/mol. The molecule has 0 aromatic heterocycles. The highest BCUT2D eigenvalue weighted by molar-refractivity contribution is 6.35. The lowest BCUT2D eigenvalue weighted by Gasteiger charge is -2.05. The second-order valence-electron chi connectivity index (χ2n) is 4.80. The Kier molecular flexibility index (Phi) is 3.63. The molecule has 3 rings (SSSR count). The van der Waals surface area contributed by atoms with Crippen molar-refractivity contribution >= 4 is 23.2 Å². The number of hydrogen-bond donors (Lipinski definition) is 1. The number of carbonyl (C=O) groups excluding carboxylic acids is 1. The molecule has 22 heavy (non-hydrogen) atoms. The molecule has 0 spiro atoms. The molecule has 0 unspecified atom stereocenters. The summed E-state index contributed by atoms with van der Waals surface area (Å²) in [5, 5.41) is 2.70. The van der Waals surface area contributed by atoms with E-state index in [1.807, 2.05) is 6.92 Å². The van der Waals surface area contributed by atoms with Crippen LogP contribution < -0.4 is 10.1 Å². The molecule has 3 nitrogen and oxygen atoms in total. The summed E-state index contributed by atoms with van der Waals surface area (Å²) in [5.41, 5.74) is 1.56. The fraction of sp³-hybridized carbons (Fsp3) is 0.118. The van der Waals surface area contributed by atoms with E-state index in [0.29, 0.717) is 29.2 Å². The van der Waals surface area contributed by atoms with E-state index in [9.17, 15) is 13.6 Å². The van der Waals surface area contributed by atoms with Gasteiger partial charge in [-0.25, -0.2) is 8.78 Å². The van der Waals surface area contributed by atoms with Gasteiger partial charge in [0.1, 0.15) is 5.75 Å². The predicted molar refractivity (Wildman–Crippen MR) is 80.5 cm³/mol. The smallest absolute Gasteiger partial charge is 0.256 e. The number of fused-ring (bicyclic) bond motifs is 1. The fourth-order valence-electron chi connectivity index (χ4n) is 2.36. The van der Waals surface area contributed by atoms with Gasteiger partial charge in [-0.2, -0.15) is 0 Å². The van der Waals surface area contributed by atoms with Crippen molar-refractivity contribution < 1.29 is 18.3 Å². The number of ether oxygens (including phenoxy) is 1. The van der Waals surface area contributed by atoms with E-state index < -0.39 is 11.6 Å². The maximum absolute atomic E-state index is 13.8. The Morgan fingerprint density at radius 2 is 2.05 bits per heavy atom. The topological polar surface area (TPSA) is 38.3 Å². The summed E-state index contributed by atoms with van der Waals surface area (Å²) in [6.07, 6.45) is 1.35. The quantitative estimate of drug-likeness (QED) is 0.874. The van der Waals surface area contributed by atoms with Crippen molar-refractivity contribution in [2.75, 3.05) is 11.9 Å². The van der Waals surface area contributed by atoms with E-state index in [4.69, 9.17) is 4.74 Å². The number of carbonyl (C=O) groups is 1. The van der Waals surface area contributed by atoms with Crippen molar-refractivity contribution in [3.05, 3.63) is 59.2 Å². The summed E-state index contributed by atoms with van der Waals surface area (Å²) in [7, 11) is 0. The molecule has 0 bridgehead atoms. The maximum atomic E-state index is 13.8. The first-order valence-electron chi connectivity index (χ1n) is 6.84. The average molecular weight is 301 g/mol. The number of benzene rings is 2. The monoisotopic (exact) mass is 301 g/mol. The Labute approximate surface area is 126 Å². The zero-order valence-corrected chi connectivity index (χ0v) is 11.8. The van der Waals surface area contributed by atoms with Crippen molar-refractivity contribution in [3.8, 4) is 5.75 Å². The summed E-state index contributed by atoms with van der Waals surface area (Å²) in [6, 6.07) is 9.02. The second-order valence-corrected chi connectivity index (χ2v) is 4.80. The first kappa shape index (κ1) is 14.3. The molecule has 0 saturated heterocycles. The van der Waals surface area contributed by atoms with E-state index in [1.54, 1.807) is 18.2 Å². The molecule has 0 atom stereocenters. The van der Waals surface area contributed by atoms with Crippen LogP contribution in [0.15, 0.2) is 36.4 Å². The van der Waals surface area contributed by atoms with Gasteiger partial charge >= 0.3 is 0 Å². The van der Waals surface area contributed by atoms with Gasteiger partial charge in [0, 0.05) is 22.8 Å². The molecule has 0 fully saturated rings. The van der Waals surface area contributed by atoms with Crippen LogP contribution in [0.25, 0.3) is 11.6 Å². The molecular formula is C17H13F2NO2. The van der Waals surface area contributed by atoms with Crippen LogP contribution >= 0.6 is 0 Å². The number of nitrogens with one attached hydrogen (secondary N) is 1. The van der Waals surface area contributed by atoms with Gasteiger partial charge in [-0.3, -0.25) is 4.79 Å². The Morgan fingerprint density at radius 3 is 2.82 bits per heavy atom. The molecule has 0 aliphatic carbocycles. The van der Waals surface area contributed by atoms with Gasteiger partial charge < -0.3 is 10.1 Å². The lowest BCUT2D eigenvalue weighted by atomic mass is 10.0. The maximum Gasteiger partial charge on any atom is 0.256 e. The van der Waals surface area contributed by atoms with Crippen molar-refractivity contribution in [2.24, 2.45) is 0 Å². The Balaban J connectivity index is 2.05. The largest absolute Gasteiger partial charge is 0.494 e. The third-order valence-corrected chi connectivity index (χ3v) is 3.37. The van der Waals surface area contributed by atoms with Crippen molar-refractivity contribution in [3.63, 3.8) is 0 Å². The Hall–Kier alpha value is -2.69. The van der Waals surface area contributed by atoms with E-state index in [2.05, 4.69) is 5.32 Å². The molecule has 2 aromatic carbocycles. The predicted octanol–water partition coefficient (Wildman–Crippen LogP) is 3.86. The normalized spacial score (nSPS) is 14.9. The zero-order valence-electron chi connectivity index (χ0n) is 11.8. The van der Waals surface area contributed by atoms with Crippen LogP contribution in [0.4, 0.5) is 14.5 Å². The van der Waals surface area contributed by atoms with Crippen molar-refractivity contribution in [1.82, 2.24) is 0 Å². The molecule has 0 radical (unpaired) electrons. The minimum absolute atomic E-state index is 0.0342. The first-order chi connectivity index (χ1) is 10.6. The second kappa shape index (κ2) is 5.60. The third-order valence-electron chi connectivity index (χ3n) is 3.37. The number of anilines is 1. The van der Waals surface area contributed by atoms with Crippen LogP contribution in [-0.4, -0.2) is 12.5 Å². The highest BCUT2D eigenvalue weighted by Gasteiger charge is 2.25. The van der Waals surface area contributed by atoms with E-state index in [-0.39, 0.29) is 11.5 Å². The SMILES string of the molecule is CCOc1ccc2c(c1)NC(=O)/C2=C/c1cccc(F)c1F. The van der Waals surface area contributed by atoms with Crippen molar-refractivity contribution in [1.29, 1.82) is 0 Å². The van der Waals surface area contributed by atoms with Crippen LogP contribution in [0.5, 0.6) is 5.75 Å². The van der Waals surface area contributed by atoms with E-state index in [0.717, 1.165) is 6.07 Å². The number of amides is 1. The van der Waals surface area contributed by atoms with Crippen LogP contribution in [0.2, 0.25) is 0 Å². The molecule has 1 N–H and O–H groups in total. The lowest BCUT2D eigenvalue weighted by molar-refractivity contribution is -0.110. The standard InChI is InChI=1S/C17H13F2NO2/c1-2-22-11-6-7-12-13(17(21)20-15(12)9-11)8-10-4-3-5-14(18)16(10)19/h3-9H,2H2,1H3,(H,20,21)/b13-8+. The molecule has 2 aromatic rings. The van der Waals surface area contributed by atoms with Crippen molar-refractivity contribution in [2.45, 2.75) is 6.92 Å². The van der Waals surface area contributed by atoms with Gasteiger partial charge in [-0.05, 0) is 31.2 Å². The Bertz CT molecular complexity index is 784. The van der Waals surface area contributed by atoms with Gasteiger partial charge in [-0.1, -0.05) is 12.1 Å². The summed E-state index contributed by atoms with van der Waals surface area (Å²) in [6.45, 7) is 2.38. The first-order valence-corrected chi connectivity index (χ1v) is 6.84. The molecule has 1 heterocycles. The summed E-state index contributed by atoms with van der Waals surface area (Å²) in [5.74, 6) is -1.63. The average Bonchev–Trinajstić information content (AvgIpc) is 2.79. The molecule has 112 valence electrons. The molecule has 0 saturated carbocycles. The van der Waals surface area contributed by atoms with Crippen LogP contribution in [-0.2, 0) is 4.79 Å². The van der Waals surface area contributed by atoms with Crippen LogP contribution in [0.3, 0.4) is 0 Å². The highest BCUT2D eigenvalue weighted by atomic mass is 19.2. The lowest BCUT2D eigenvalue weighted by Crippen LogP contribution is -2.04. The minimum Gasteiger partial charge on any atom is -0.494 e. The van der Waals surface area contributed by atoms with Gasteiger partial charge in [0.15, 0.2) is 11.6 Å². The number of hydrogen-bond acceptors (Lipinski definition) is 2. The number of rotatable bonds is 3. The van der Waals surface area contributed by atoms with Gasteiger partial charge in [0.2, 0.25) is 0 Å². The minimum atomic E-state index is -0.970. The molecule has 1 aliphatic rings. The molecule has 1 aliphatic heterocycles. The zero-order chi connectivity index (χ0) is 15.7. The van der Waals surface area contributed by atoms with Crippen LogP contribution in [0, 0.1) is 11.6 Å². The van der Waals surface area contributed by atoms with E-state index in [1.165, 1.54) is 18.2 Å². The molecule has 1 amide bonds. The summed E-state index contributed by atoms with van der Waals surface area (Å²) < 4.78 is 32.4. The van der Waals surface area contributed by atoms with Gasteiger partial charge in [0.05, 0.1) is 12.3 Å². The highest BCUT2D eigenvalue weighted by Crippen LogP contribution is 2.36. The summed E-state index contributed by atoms with van der Waals surface area (Å²) >= 11 is 0. The fourth-order valence-corrected chi connectivity index (χ4v) is 2.36. The third kappa shape index (κ3) is 2.45. The van der Waals surface area contributed by atoms with E-state index >= 15 is 0 Å². The number of halogens is 2.